The zero-order valence-corrected chi connectivity index (χ0v) is 10.6. The Hall–Kier alpha value is -1.23. The van der Waals surface area contributed by atoms with Gasteiger partial charge in [-0.1, -0.05) is 0 Å². The number of hydrogen-bond acceptors (Lipinski definition) is 4. The van der Waals surface area contributed by atoms with Gasteiger partial charge >= 0.3 is 0 Å². The van der Waals surface area contributed by atoms with Crippen LogP contribution in [0.25, 0.3) is 0 Å². The van der Waals surface area contributed by atoms with Crippen molar-refractivity contribution in [3.8, 4) is 0 Å². The van der Waals surface area contributed by atoms with Crippen LogP contribution in [0, 0.1) is 17.0 Å². The lowest BCUT2D eigenvalue weighted by Gasteiger charge is -2.23. The second-order valence-electron chi connectivity index (χ2n) is 4.37. The first-order valence-electron chi connectivity index (χ1n) is 5.75. The zero-order chi connectivity index (χ0) is 12.3. The summed E-state index contributed by atoms with van der Waals surface area (Å²) in [7, 11) is 0. The monoisotopic (exact) mass is 252 g/mol. The minimum atomic E-state index is -0.339. The summed E-state index contributed by atoms with van der Waals surface area (Å²) in [6, 6.07) is 5.62. The molecule has 0 radical (unpaired) electrons. The Bertz CT molecular complexity index is 417. The van der Waals surface area contributed by atoms with Gasteiger partial charge in [-0.05, 0) is 37.1 Å². The Morgan fingerprint density at radius 1 is 1.47 bits per heavy atom. The molecular weight excluding hydrogens is 236 g/mol. The van der Waals surface area contributed by atoms with Crippen LogP contribution < -0.4 is 5.32 Å². The number of rotatable bonds is 3. The predicted octanol–water partition coefficient (Wildman–Crippen LogP) is 3.21. The van der Waals surface area contributed by atoms with E-state index in [0.717, 1.165) is 23.4 Å². The van der Waals surface area contributed by atoms with Gasteiger partial charge in [0.05, 0.1) is 4.92 Å². The molecule has 0 saturated carbocycles. The van der Waals surface area contributed by atoms with E-state index in [1.165, 1.54) is 12.2 Å². The van der Waals surface area contributed by atoms with Crippen LogP contribution in [0.15, 0.2) is 18.2 Å². The normalized spacial score (nSPS) is 19.9. The number of anilines is 1. The fourth-order valence-electron chi connectivity index (χ4n) is 2.04. The fraction of sp³-hybridized carbons (Fsp3) is 0.500. The first-order chi connectivity index (χ1) is 8.15. The van der Waals surface area contributed by atoms with Gasteiger partial charge in [-0.2, -0.15) is 11.8 Å². The highest BCUT2D eigenvalue weighted by Gasteiger charge is 2.15. The van der Waals surface area contributed by atoms with Crippen molar-refractivity contribution in [1.29, 1.82) is 0 Å². The Morgan fingerprint density at radius 2 is 2.29 bits per heavy atom. The molecule has 1 aliphatic rings. The number of thioether (sulfide) groups is 1. The van der Waals surface area contributed by atoms with Gasteiger partial charge in [0, 0.05) is 29.6 Å². The minimum Gasteiger partial charge on any atom is -0.381 e. The summed E-state index contributed by atoms with van der Waals surface area (Å²) >= 11 is 1.94. The first kappa shape index (κ1) is 12.2. The van der Waals surface area contributed by atoms with Crippen molar-refractivity contribution in [1.82, 2.24) is 0 Å². The Labute approximate surface area is 105 Å². The van der Waals surface area contributed by atoms with Crippen LogP contribution >= 0.6 is 11.8 Å². The van der Waals surface area contributed by atoms with E-state index in [1.54, 1.807) is 12.1 Å². The molecule has 2 rings (SSSR count). The van der Waals surface area contributed by atoms with Gasteiger partial charge < -0.3 is 5.32 Å². The molecule has 1 aromatic carbocycles. The molecule has 1 atom stereocenters. The van der Waals surface area contributed by atoms with E-state index in [2.05, 4.69) is 5.32 Å². The zero-order valence-electron chi connectivity index (χ0n) is 9.81. The number of non-ortho nitro benzene ring substituents is 1. The van der Waals surface area contributed by atoms with Crippen molar-refractivity contribution in [2.45, 2.75) is 25.8 Å². The van der Waals surface area contributed by atoms with E-state index in [9.17, 15) is 10.1 Å². The van der Waals surface area contributed by atoms with E-state index in [-0.39, 0.29) is 10.6 Å². The molecule has 17 heavy (non-hydrogen) atoms. The van der Waals surface area contributed by atoms with Gasteiger partial charge in [-0.25, -0.2) is 0 Å². The molecule has 1 heterocycles. The van der Waals surface area contributed by atoms with Gasteiger partial charge in [0.1, 0.15) is 0 Å². The van der Waals surface area contributed by atoms with Crippen LogP contribution in [0.2, 0.25) is 0 Å². The molecule has 0 bridgehead atoms. The second-order valence-corrected chi connectivity index (χ2v) is 5.52. The van der Waals surface area contributed by atoms with Crippen LogP contribution in [0.5, 0.6) is 0 Å². The lowest BCUT2D eigenvalue weighted by atomic mass is 10.1. The highest BCUT2D eigenvalue weighted by atomic mass is 32.2. The molecule has 4 nitrogen and oxygen atoms in total. The number of nitrogens with zero attached hydrogens (tertiary/aromatic N) is 1. The molecule has 0 aromatic heterocycles. The maximum atomic E-state index is 10.8. The van der Waals surface area contributed by atoms with Crippen molar-refractivity contribution < 1.29 is 4.92 Å². The van der Waals surface area contributed by atoms with Crippen molar-refractivity contribution in [2.75, 3.05) is 16.8 Å². The fourth-order valence-corrected chi connectivity index (χ4v) is 3.11. The van der Waals surface area contributed by atoms with Crippen molar-refractivity contribution >= 4 is 23.1 Å². The Balaban J connectivity index is 2.11. The highest BCUT2D eigenvalue weighted by Crippen LogP contribution is 2.24. The standard InChI is InChI=1S/C12H16N2O2S/c1-9-5-11(7-12(6-9)14(15)16)13-10-3-2-4-17-8-10/h5-7,10,13H,2-4,8H2,1H3. The molecule has 92 valence electrons. The van der Waals surface area contributed by atoms with E-state index in [0.29, 0.717) is 6.04 Å². The predicted molar refractivity (Wildman–Crippen MR) is 71.8 cm³/mol. The summed E-state index contributed by atoms with van der Waals surface area (Å²) < 4.78 is 0. The van der Waals surface area contributed by atoms with Crippen molar-refractivity contribution in [2.24, 2.45) is 0 Å². The minimum absolute atomic E-state index is 0.163. The lowest BCUT2D eigenvalue weighted by molar-refractivity contribution is -0.384. The lowest BCUT2D eigenvalue weighted by Crippen LogP contribution is -2.25. The quantitative estimate of drug-likeness (QED) is 0.663. The van der Waals surface area contributed by atoms with Crippen LogP contribution in [0.4, 0.5) is 11.4 Å². The summed E-state index contributed by atoms with van der Waals surface area (Å²) in [5.41, 5.74) is 1.95. The Morgan fingerprint density at radius 3 is 2.94 bits per heavy atom. The molecule has 0 amide bonds. The molecule has 1 saturated heterocycles. The second kappa shape index (κ2) is 5.40. The van der Waals surface area contributed by atoms with Gasteiger partial charge in [-0.3, -0.25) is 10.1 Å². The van der Waals surface area contributed by atoms with E-state index >= 15 is 0 Å². The third kappa shape index (κ3) is 3.36. The average molecular weight is 252 g/mol. The molecule has 0 spiro atoms. The maximum absolute atomic E-state index is 10.8. The van der Waals surface area contributed by atoms with Crippen molar-refractivity contribution in [3.63, 3.8) is 0 Å². The van der Waals surface area contributed by atoms with Crippen molar-refractivity contribution in [3.05, 3.63) is 33.9 Å². The molecule has 5 heteroatoms. The number of hydrogen-bond donors (Lipinski definition) is 1. The smallest absolute Gasteiger partial charge is 0.271 e. The SMILES string of the molecule is Cc1cc(NC2CCCSC2)cc([N+](=O)[O-])c1. The number of benzene rings is 1. The summed E-state index contributed by atoms with van der Waals surface area (Å²) in [6.45, 7) is 1.88. The molecular formula is C12H16N2O2S. The molecule has 1 aromatic rings. The molecule has 1 fully saturated rings. The Kier molecular flexibility index (Phi) is 3.89. The van der Waals surface area contributed by atoms with E-state index < -0.39 is 0 Å². The number of nitro benzene ring substituents is 1. The summed E-state index contributed by atoms with van der Waals surface area (Å²) in [6.07, 6.45) is 2.37. The maximum Gasteiger partial charge on any atom is 0.271 e. The summed E-state index contributed by atoms with van der Waals surface area (Å²) in [4.78, 5) is 10.4. The molecule has 0 aliphatic carbocycles. The van der Waals surface area contributed by atoms with Gasteiger partial charge in [0.15, 0.2) is 0 Å². The van der Waals surface area contributed by atoms with E-state index in [1.807, 2.05) is 24.8 Å². The largest absolute Gasteiger partial charge is 0.381 e. The van der Waals surface area contributed by atoms with Crippen LogP contribution in [-0.4, -0.2) is 22.5 Å². The topological polar surface area (TPSA) is 55.2 Å². The third-order valence-corrected chi connectivity index (χ3v) is 4.02. The van der Waals surface area contributed by atoms with Crippen LogP contribution in [-0.2, 0) is 0 Å². The number of aryl methyl sites for hydroxylation is 1. The summed E-state index contributed by atoms with van der Waals surface area (Å²) in [5, 5.41) is 14.2. The van der Waals surface area contributed by atoms with Gasteiger partial charge in [-0.15, -0.1) is 0 Å². The molecule has 1 unspecified atom stereocenters. The average Bonchev–Trinajstić information content (AvgIpc) is 2.29. The van der Waals surface area contributed by atoms with E-state index in [4.69, 9.17) is 0 Å². The van der Waals surface area contributed by atoms with Gasteiger partial charge in [0.25, 0.3) is 5.69 Å². The number of nitro groups is 1. The first-order valence-corrected chi connectivity index (χ1v) is 6.91. The number of nitrogens with one attached hydrogen (secondary N) is 1. The highest BCUT2D eigenvalue weighted by molar-refractivity contribution is 7.99. The van der Waals surface area contributed by atoms with Gasteiger partial charge in [0.2, 0.25) is 0 Å². The van der Waals surface area contributed by atoms with Crippen LogP contribution in [0.1, 0.15) is 18.4 Å². The molecule has 1 aliphatic heterocycles. The summed E-state index contributed by atoms with van der Waals surface area (Å²) in [5.74, 6) is 2.31. The third-order valence-electron chi connectivity index (χ3n) is 2.80. The van der Waals surface area contributed by atoms with Crippen LogP contribution in [0.3, 0.4) is 0 Å². The molecule has 1 N–H and O–H groups in total.